The highest BCUT2D eigenvalue weighted by molar-refractivity contribution is 6.41. The van der Waals surface area contributed by atoms with Gasteiger partial charge in [-0.25, -0.2) is 4.79 Å². The van der Waals surface area contributed by atoms with Crippen LogP contribution in [0.25, 0.3) is 0 Å². The van der Waals surface area contributed by atoms with E-state index in [1.165, 1.54) is 0 Å². The fourth-order valence-corrected chi connectivity index (χ4v) is 4.02. The minimum absolute atomic E-state index is 0.205. The van der Waals surface area contributed by atoms with Gasteiger partial charge < -0.3 is 9.84 Å². The molecule has 0 bridgehead atoms. The lowest BCUT2D eigenvalue weighted by Gasteiger charge is -2.42. The Morgan fingerprint density at radius 1 is 1.26 bits per heavy atom. The quantitative estimate of drug-likeness (QED) is 0.520. The molecule has 1 aromatic rings. The van der Waals surface area contributed by atoms with Crippen LogP contribution in [0, 0.1) is 5.92 Å². The highest BCUT2D eigenvalue weighted by atomic mass is 35.5. The number of Topliss-reactive ketones (excluding diaryl/α,β-unsaturated/α-hetero) is 1. The van der Waals surface area contributed by atoms with Gasteiger partial charge in [-0.3, -0.25) is 4.79 Å². The smallest absolute Gasteiger partial charge is 0.332 e. The topological polar surface area (TPSA) is 63.6 Å². The first-order valence-electron chi connectivity index (χ1n) is 8.18. The van der Waals surface area contributed by atoms with Gasteiger partial charge in [0.15, 0.2) is 11.2 Å². The van der Waals surface area contributed by atoms with Crippen molar-refractivity contribution in [3.05, 3.63) is 29.8 Å². The SMILES string of the molecule is O=C1CC(CCc2cccc(O)c2)(C2CCCC2)OC(=O)C1Cl. The van der Waals surface area contributed by atoms with E-state index in [0.29, 0.717) is 12.8 Å². The van der Waals surface area contributed by atoms with Gasteiger partial charge >= 0.3 is 5.97 Å². The van der Waals surface area contributed by atoms with Gasteiger partial charge in [-0.05, 0) is 49.3 Å². The molecule has 0 amide bonds. The van der Waals surface area contributed by atoms with Gasteiger partial charge in [0, 0.05) is 6.42 Å². The Labute approximate surface area is 140 Å². The van der Waals surface area contributed by atoms with Crippen molar-refractivity contribution < 1.29 is 19.4 Å². The predicted molar refractivity (Wildman–Crippen MR) is 86.5 cm³/mol. The zero-order valence-electron chi connectivity index (χ0n) is 13.0. The molecule has 2 unspecified atom stereocenters. The molecule has 1 heterocycles. The molecule has 5 heteroatoms. The van der Waals surface area contributed by atoms with Crippen LogP contribution in [0.15, 0.2) is 24.3 Å². The van der Waals surface area contributed by atoms with Crippen molar-refractivity contribution in [3.63, 3.8) is 0 Å². The second-order valence-corrected chi connectivity index (χ2v) is 7.08. The first-order chi connectivity index (χ1) is 11.0. The number of ketones is 1. The zero-order chi connectivity index (χ0) is 16.4. The minimum Gasteiger partial charge on any atom is -0.508 e. The van der Waals surface area contributed by atoms with E-state index in [1.54, 1.807) is 18.2 Å². The van der Waals surface area contributed by atoms with E-state index in [1.807, 2.05) is 6.07 Å². The van der Waals surface area contributed by atoms with Crippen LogP contribution in [-0.4, -0.2) is 27.8 Å². The Morgan fingerprint density at radius 2 is 2.00 bits per heavy atom. The van der Waals surface area contributed by atoms with Gasteiger partial charge in [0.05, 0.1) is 0 Å². The second-order valence-electron chi connectivity index (χ2n) is 6.64. The van der Waals surface area contributed by atoms with Crippen molar-refractivity contribution in [2.45, 2.75) is 55.9 Å². The van der Waals surface area contributed by atoms with Crippen LogP contribution in [0.4, 0.5) is 0 Å². The summed E-state index contributed by atoms with van der Waals surface area (Å²) in [6.07, 6.45) is 5.61. The molecule has 1 aliphatic carbocycles. The van der Waals surface area contributed by atoms with Gasteiger partial charge in [0.1, 0.15) is 11.4 Å². The largest absolute Gasteiger partial charge is 0.508 e. The molecule has 1 N–H and O–H groups in total. The van der Waals surface area contributed by atoms with E-state index in [4.69, 9.17) is 16.3 Å². The van der Waals surface area contributed by atoms with Crippen LogP contribution < -0.4 is 0 Å². The molecular formula is C18H21ClO4. The van der Waals surface area contributed by atoms with Gasteiger partial charge in [-0.15, -0.1) is 11.6 Å². The predicted octanol–water partition coefficient (Wildman–Crippen LogP) is 3.38. The van der Waals surface area contributed by atoms with Gasteiger partial charge in [0.2, 0.25) is 0 Å². The number of benzene rings is 1. The number of hydrogen-bond acceptors (Lipinski definition) is 4. The van der Waals surface area contributed by atoms with Crippen LogP contribution in [0.2, 0.25) is 0 Å². The van der Waals surface area contributed by atoms with Crippen LogP contribution in [0.5, 0.6) is 5.75 Å². The molecule has 124 valence electrons. The summed E-state index contributed by atoms with van der Waals surface area (Å²) < 4.78 is 5.74. The number of alkyl halides is 1. The Balaban J connectivity index is 1.81. The van der Waals surface area contributed by atoms with Crippen LogP contribution in [0.1, 0.15) is 44.1 Å². The Morgan fingerprint density at radius 3 is 2.65 bits per heavy atom. The maximum Gasteiger partial charge on any atom is 0.332 e. The highest BCUT2D eigenvalue weighted by Crippen LogP contribution is 2.44. The fraction of sp³-hybridized carbons (Fsp3) is 0.556. The number of esters is 1. The Kier molecular flexibility index (Phi) is 4.62. The molecule has 1 aliphatic heterocycles. The summed E-state index contributed by atoms with van der Waals surface area (Å²) in [4.78, 5) is 24.2. The summed E-state index contributed by atoms with van der Waals surface area (Å²) in [6.45, 7) is 0. The van der Waals surface area contributed by atoms with E-state index in [0.717, 1.165) is 31.2 Å². The summed E-state index contributed by atoms with van der Waals surface area (Å²) in [5.41, 5.74) is 0.237. The lowest BCUT2D eigenvalue weighted by molar-refractivity contribution is -0.177. The summed E-state index contributed by atoms with van der Waals surface area (Å²) in [7, 11) is 0. The van der Waals surface area contributed by atoms with Crippen LogP contribution >= 0.6 is 11.6 Å². The first kappa shape index (κ1) is 16.3. The molecule has 2 fully saturated rings. The summed E-state index contributed by atoms with van der Waals surface area (Å²) in [6, 6.07) is 7.05. The average Bonchev–Trinajstić information content (AvgIpc) is 3.06. The van der Waals surface area contributed by atoms with Crippen molar-refractivity contribution in [1.29, 1.82) is 0 Å². The number of aromatic hydroxyl groups is 1. The van der Waals surface area contributed by atoms with Crippen LogP contribution in [-0.2, 0) is 20.7 Å². The number of rotatable bonds is 4. The lowest BCUT2D eigenvalue weighted by atomic mass is 9.76. The third-order valence-corrected chi connectivity index (χ3v) is 5.54. The summed E-state index contributed by atoms with van der Waals surface area (Å²) in [5.74, 6) is -0.400. The van der Waals surface area contributed by atoms with Gasteiger partial charge in [-0.2, -0.15) is 0 Å². The molecule has 4 nitrogen and oxygen atoms in total. The zero-order valence-corrected chi connectivity index (χ0v) is 13.7. The highest BCUT2D eigenvalue weighted by Gasteiger charge is 2.50. The molecule has 1 saturated heterocycles. The lowest BCUT2D eigenvalue weighted by Crippen LogP contribution is -2.52. The normalized spacial score (nSPS) is 28.8. The number of aryl methyl sites for hydroxylation is 1. The van der Waals surface area contributed by atoms with Crippen molar-refractivity contribution in [2.24, 2.45) is 5.92 Å². The first-order valence-corrected chi connectivity index (χ1v) is 8.61. The minimum atomic E-state index is -1.16. The molecule has 0 aromatic heterocycles. The number of cyclic esters (lactones) is 1. The average molecular weight is 337 g/mol. The number of phenolic OH excluding ortho intramolecular Hbond substituents is 1. The maximum absolute atomic E-state index is 12.2. The number of carbonyl (C=O) groups excluding carboxylic acids is 2. The molecule has 0 spiro atoms. The van der Waals surface area contributed by atoms with Crippen molar-refractivity contribution >= 4 is 23.4 Å². The third kappa shape index (κ3) is 3.37. The number of carbonyl (C=O) groups is 2. The maximum atomic E-state index is 12.2. The van der Waals surface area contributed by atoms with Crippen molar-refractivity contribution in [2.75, 3.05) is 0 Å². The molecule has 0 radical (unpaired) electrons. The van der Waals surface area contributed by atoms with E-state index >= 15 is 0 Å². The Hall–Kier alpha value is -1.55. The molecule has 1 saturated carbocycles. The van der Waals surface area contributed by atoms with E-state index < -0.39 is 16.9 Å². The van der Waals surface area contributed by atoms with E-state index in [-0.39, 0.29) is 23.9 Å². The molecule has 2 aliphatic rings. The molecule has 2 atom stereocenters. The third-order valence-electron chi connectivity index (χ3n) is 5.11. The van der Waals surface area contributed by atoms with E-state index in [9.17, 15) is 14.7 Å². The Bertz CT molecular complexity index is 589. The number of hydrogen-bond donors (Lipinski definition) is 1. The monoisotopic (exact) mass is 336 g/mol. The summed E-state index contributed by atoms with van der Waals surface area (Å²) in [5, 5.41) is 8.43. The van der Waals surface area contributed by atoms with E-state index in [2.05, 4.69) is 0 Å². The van der Waals surface area contributed by atoms with Crippen LogP contribution in [0.3, 0.4) is 0 Å². The van der Waals surface area contributed by atoms with Gasteiger partial charge in [0.25, 0.3) is 0 Å². The molecule has 1 aromatic carbocycles. The number of halogens is 1. The van der Waals surface area contributed by atoms with Gasteiger partial charge in [-0.1, -0.05) is 25.0 Å². The second kappa shape index (κ2) is 6.52. The van der Waals surface area contributed by atoms with Crippen molar-refractivity contribution in [3.8, 4) is 5.75 Å². The number of phenols is 1. The number of ether oxygens (including phenoxy) is 1. The summed E-state index contributed by atoms with van der Waals surface area (Å²) >= 11 is 5.83. The standard InChI is InChI=1S/C18H21ClO4/c19-16-15(21)11-18(23-17(16)22,13-5-1-2-6-13)9-8-12-4-3-7-14(20)10-12/h3-4,7,10,13,16,20H,1-2,5-6,8-9,11H2. The fourth-order valence-electron chi connectivity index (χ4n) is 3.90. The molecule has 23 heavy (non-hydrogen) atoms. The molecular weight excluding hydrogens is 316 g/mol. The van der Waals surface area contributed by atoms with Crippen molar-refractivity contribution in [1.82, 2.24) is 0 Å². The molecule has 3 rings (SSSR count).